The van der Waals surface area contributed by atoms with E-state index in [1.165, 1.54) is 11.2 Å². The molecule has 2 N–H and O–H groups in total. The molecule has 7 heteroatoms. The van der Waals surface area contributed by atoms with Crippen molar-refractivity contribution in [2.45, 2.75) is 0 Å². The normalized spacial score (nSPS) is 11.2. The van der Waals surface area contributed by atoms with E-state index in [-0.39, 0.29) is 11.5 Å². The number of likely N-dealkylation sites (N-methyl/N-ethyl adjacent to an activating group) is 1. The number of fused-ring (bicyclic) bond motifs is 1. The van der Waals surface area contributed by atoms with Gasteiger partial charge in [-0.25, -0.2) is 9.97 Å². The minimum atomic E-state index is -0.319. The Morgan fingerprint density at radius 2 is 2.00 bits per heavy atom. The Balaban J connectivity index is 1.82. The summed E-state index contributed by atoms with van der Waals surface area (Å²) in [5.41, 5.74) is 2.47. The number of hydrogen-bond donors (Lipinski definition) is 2. The van der Waals surface area contributed by atoms with Crippen LogP contribution in [0.15, 0.2) is 48.4 Å². The van der Waals surface area contributed by atoms with Crippen molar-refractivity contribution < 1.29 is 4.79 Å². The topological polar surface area (TPSA) is 97.7 Å². The van der Waals surface area contributed by atoms with Gasteiger partial charge in [0.2, 0.25) is 0 Å². The maximum absolute atomic E-state index is 11.9. The maximum Gasteiger partial charge on any atom is 0.264 e. The molecule has 124 valence electrons. The zero-order valence-corrected chi connectivity index (χ0v) is 13.8. The average Bonchev–Trinajstić information content (AvgIpc) is 3.10. The molecule has 3 rings (SSSR count). The molecule has 0 spiro atoms. The summed E-state index contributed by atoms with van der Waals surface area (Å²) in [5, 5.41) is 13.3. The lowest BCUT2D eigenvalue weighted by Gasteiger charge is -2.09. The number of aromatic nitrogens is 3. The van der Waals surface area contributed by atoms with Crippen molar-refractivity contribution in [3.63, 3.8) is 0 Å². The Kier molecular flexibility index (Phi) is 4.44. The number of amides is 1. The monoisotopic (exact) mass is 332 g/mol. The van der Waals surface area contributed by atoms with Gasteiger partial charge < -0.3 is 15.2 Å². The van der Waals surface area contributed by atoms with Crippen LogP contribution in [0, 0.1) is 11.3 Å². The second kappa shape index (κ2) is 6.84. The molecule has 1 amide bonds. The van der Waals surface area contributed by atoms with Gasteiger partial charge in [-0.1, -0.05) is 12.1 Å². The molecule has 0 unspecified atom stereocenters. The van der Waals surface area contributed by atoms with E-state index in [0.29, 0.717) is 5.82 Å². The third kappa shape index (κ3) is 3.48. The number of anilines is 2. The molecule has 0 aliphatic rings. The average molecular weight is 332 g/mol. The lowest BCUT2D eigenvalue weighted by atomic mass is 10.1. The second-order valence-corrected chi connectivity index (χ2v) is 5.58. The van der Waals surface area contributed by atoms with Crippen LogP contribution in [0.2, 0.25) is 0 Å². The molecule has 0 bridgehead atoms. The van der Waals surface area contributed by atoms with Crippen molar-refractivity contribution in [3.8, 4) is 6.07 Å². The first-order chi connectivity index (χ1) is 12.1. The Hall–Kier alpha value is -3.66. The Bertz CT molecular complexity index is 979. The van der Waals surface area contributed by atoms with Crippen LogP contribution in [-0.4, -0.2) is 39.9 Å². The van der Waals surface area contributed by atoms with E-state index in [1.54, 1.807) is 20.2 Å². The minimum Gasteiger partial charge on any atom is -0.346 e. The minimum absolute atomic E-state index is 0.0931. The van der Waals surface area contributed by atoms with Crippen molar-refractivity contribution in [2.75, 3.05) is 19.4 Å². The highest BCUT2D eigenvalue weighted by Crippen LogP contribution is 2.22. The van der Waals surface area contributed by atoms with Crippen LogP contribution in [0.1, 0.15) is 5.56 Å². The van der Waals surface area contributed by atoms with E-state index in [0.717, 1.165) is 22.3 Å². The lowest BCUT2D eigenvalue weighted by molar-refractivity contribution is -0.124. The van der Waals surface area contributed by atoms with Gasteiger partial charge in [0.05, 0.1) is 5.39 Å². The van der Waals surface area contributed by atoms with E-state index in [1.807, 2.05) is 42.6 Å². The predicted octanol–water partition coefficient (Wildman–Crippen LogP) is 2.70. The summed E-state index contributed by atoms with van der Waals surface area (Å²) in [7, 11) is 3.23. The van der Waals surface area contributed by atoms with Crippen LogP contribution < -0.4 is 5.32 Å². The zero-order valence-electron chi connectivity index (χ0n) is 13.8. The number of benzene rings is 1. The number of H-pyrrole nitrogens is 1. The smallest absolute Gasteiger partial charge is 0.264 e. The number of carbonyl (C=O) groups is 1. The molecule has 0 saturated heterocycles. The molecule has 3 aromatic rings. The molecule has 0 aliphatic carbocycles. The first-order valence-electron chi connectivity index (χ1n) is 7.57. The van der Waals surface area contributed by atoms with E-state index in [4.69, 9.17) is 5.26 Å². The summed E-state index contributed by atoms with van der Waals surface area (Å²) in [6, 6.07) is 11.2. The first kappa shape index (κ1) is 16.2. The molecular weight excluding hydrogens is 316 g/mol. The number of rotatable bonds is 4. The van der Waals surface area contributed by atoms with Gasteiger partial charge in [-0.2, -0.15) is 5.26 Å². The fourth-order valence-electron chi connectivity index (χ4n) is 2.32. The number of nitrogens with zero attached hydrogens (tertiary/aromatic N) is 4. The Morgan fingerprint density at radius 1 is 1.24 bits per heavy atom. The standard InChI is InChI=1S/C18H16N6O/c1-24(2)18(25)13(10-19)9-12-3-5-14(6-4-12)23-17-15-7-8-20-16(15)21-11-22-17/h3-9,11H,1-2H3,(H2,20,21,22,23)/b13-9+. The largest absolute Gasteiger partial charge is 0.346 e. The van der Waals surface area contributed by atoms with E-state index >= 15 is 0 Å². The van der Waals surface area contributed by atoms with Gasteiger partial charge in [-0.3, -0.25) is 4.79 Å². The second-order valence-electron chi connectivity index (χ2n) is 5.58. The third-order valence-electron chi connectivity index (χ3n) is 3.60. The SMILES string of the molecule is CN(C)C(=O)/C(C#N)=C/c1ccc(Nc2ncnc3[nH]ccc23)cc1. The molecule has 2 heterocycles. The number of hydrogen-bond acceptors (Lipinski definition) is 5. The van der Waals surface area contributed by atoms with Crippen molar-refractivity contribution in [3.05, 3.63) is 54.0 Å². The first-order valence-corrected chi connectivity index (χ1v) is 7.57. The van der Waals surface area contributed by atoms with Crippen LogP contribution >= 0.6 is 0 Å². The summed E-state index contributed by atoms with van der Waals surface area (Å²) in [6.45, 7) is 0. The van der Waals surface area contributed by atoms with Crippen LogP contribution in [0.5, 0.6) is 0 Å². The highest BCUT2D eigenvalue weighted by atomic mass is 16.2. The summed E-state index contributed by atoms with van der Waals surface area (Å²) >= 11 is 0. The van der Waals surface area contributed by atoms with Crippen molar-refractivity contribution >= 4 is 34.5 Å². The maximum atomic E-state index is 11.9. The molecule has 7 nitrogen and oxygen atoms in total. The van der Waals surface area contributed by atoms with Crippen molar-refractivity contribution in [2.24, 2.45) is 0 Å². The molecule has 25 heavy (non-hydrogen) atoms. The summed E-state index contributed by atoms with van der Waals surface area (Å²) in [5.74, 6) is 0.385. The Labute approximate surface area is 144 Å². The Morgan fingerprint density at radius 3 is 2.68 bits per heavy atom. The summed E-state index contributed by atoms with van der Waals surface area (Å²) in [4.78, 5) is 24.7. The van der Waals surface area contributed by atoms with Gasteiger partial charge in [0.1, 0.15) is 29.4 Å². The van der Waals surface area contributed by atoms with Crippen molar-refractivity contribution in [1.82, 2.24) is 19.9 Å². The molecule has 0 atom stereocenters. The van der Waals surface area contributed by atoms with Gasteiger partial charge in [-0.05, 0) is 29.8 Å². The van der Waals surface area contributed by atoms with Gasteiger partial charge >= 0.3 is 0 Å². The molecular formula is C18H16N6O. The fourth-order valence-corrected chi connectivity index (χ4v) is 2.32. The molecule has 2 aromatic heterocycles. The molecule has 0 radical (unpaired) electrons. The van der Waals surface area contributed by atoms with Gasteiger partial charge in [0.15, 0.2) is 0 Å². The summed E-state index contributed by atoms with van der Waals surface area (Å²) in [6.07, 6.45) is 4.87. The number of aromatic amines is 1. The van der Waals surface area contributed by atoms with E-state index in [9.17, 15) is 4.79 Å². The van der Waals surface area contributed by atoms with Gasteiger partial charge in [0, 0.05) is 26.0 Å². The van der Waals surface area contributed by atoms with Crippen LogP contribution in [0.25, 0.3) is 17.1 Å². The van der Waals surface area contributed by atoms with Gasteiger partial charge in [0.25, 0.3) is 5.91 Å². The summed E-state index contributed by atoms with van der Waals surface area (Å²) < 4.78 is 0. The molecule has 0 saturated carbocycles. The van der Waals surface area contributed by atoms with Crippen LogP contribution in [0.4, 0.5) is 11.5 Å². The fraction of sp³-hybridized carbons (Fsp3) is 0.111. The highest BCUT2D eigenvalue weighted by Gasteiger charge is 2.11. The lowest BCUT2D eigenvalue weighted by Crippen LogP contribution is -2.22. The molecule has 0 aliphatic heterocycles. The van der Waals surface area contributed by atoms with Gasteiger partial charge in [-0.15, -0.1) is 0 Å². The number of nitriles is 1. The molecule has 1 aromatic carbocycles. The van der Waals surface area contributed by atoms with E-state index < -0.39 is 0 Å². The highest BCUT2D eigenvalue weighted by molar-refractivity contribution is 6.01. The zero-order chi connectivity index (χ0) is 17.8. The molecule has 0 fully saturated rings. The quantitative estimate of drug-likeness (QED) is 0.565. The third-order valence-corrected chi connectivity index (χ3v) is 3.60. The van der Waals surface area contributed by atoms with Crippen LogP contribution in [-0.2, 0) is 4.79 Å². The van der Waals surface area contributed by atoms with E-state index in [2.05, 4.69) is 20.3 Å². The number of carbonyl (C=O) groups excluding carboxylic acids is 1. The van der Waals surface area contributed by atoms with Crippen molar-refractivity contribution in [1.29, 1.82) is 5.26 Å². The predicted molar refractivity (Wildman–Crippen MR) is 95.9 cm³/mol. The number of nitrogens with one attached hydrogen (secondary N) is 2. The van der Waals surface area contributed by atoms with Crippen LogP contribution in [0.3, 0.4) is 0 Å².